The van der Waals surface area contributed by atoms with Crippen LogP contribution >= 0.6 is 0 Å². The summed E-state index contributed by atoms with van der Waals surface area (Å²) in [7, 11) is 1.41. The van der Waals surface area contributed by atoms with Crippen LogP contribution in [0.5, 0.6) is 5.75 Å². The van der Waals surface area contributed by atoms with Crippen LogP contribution in [-0.4, -0.2) is 36.0 Å². The van der Waals surface area contributed by atoms with Crippen molar-refractivity contribution in [3.05, 3.63) is 55.1 Å². The van der Waals surface area contributed by atoms with Crippen molar-refractivity contribution in [2.75, 3.05) is 23.1 Å². The number of oxazole rings is 1. The number of rotatable bonds is 5. The molecule has 2 aromatic carbocycles. The van der Waals surface area contributed by atoms with Crippen molar-refractivity contribution in [3.8, 4) is 17.1 Å². The smallest absolute Gasteiger partial charge is 0.471 e. The number of carbonyl (C=O) groups excluding carboxylic acids is 3. The van der Waals surface area contributed by atoms with Crippen LogP contribution in [-0.2, 0) is 14.4 Å². The fraction of sp³-hybridized carbons (Fsp3) is 0.100. The molecule has 9 nitrogen and oxygen atoms in total. The minimum absolute atomic E-state index is 0.00312. The highest BCUT2D eigenvalue weighted by Crippen LogP contribution is 2.32. The molecule has 166 valence electrons. The van der Waals surface area contributed by atoms with Crippen LogP contribution in [0, 0.1) is 0 Å². The number of hydrogen-bond acceptors (Lipinski definition) is 6. The lowest BCUT2D eigenvalue weighted by Crippen LogP contribution is -2.30. The van der Waals surface area contributed by atoms with E-state index in [2.05, 4.69) is 15.6 Å². The molecule has 1 heterocycles. The van der Waals surface area contributed by atoms with E-state index in [-0.39, 0.29) is 17.1 Å². The quantitative estimate of drug-likeness (QED) is 0.514. The largest absolute Gasteiger partial charge is 0.496 e. The molecule has 3 N–H and O–H groups in total. The maximum Gasteiger partial charge on any atom is 0.471 e. The van der Waals surface area contributed by atoms with Gasteiger partial charge in [0.15, 0.2) is 12.2 Å². The predicted molar refractivity (Wildman–Crippen MR) is 107 cm³/mol. The first-order valence-electron chi connectivity index (χ1n) is 8.85. The van der Waals surface area contributed by atoms with Gasteiger partial charge in [-0.25, -0.2) is 4.98 Å². The number of carbonyl (C=O) groups is 3. The van der Waals surface area contributed by atoms with Gasteiger partial charge < -0.3 is 25.1 Å². The second kappa shape index (κ2) is 9.20. The zero-order valence-electron chi connectivity index (χ0n) is 16.3. The Morgan fingerprint density at radius 3 is 2.12 bits per heavy atom. The molecule has 1 aromatic heterocycles. The second-order valence-electron chi connectivity index (χ2n) is 6.22. The molecule has 0 aliphatic heterocycles. The van der Waals surface area contributed by atoms with Gasteiger partial charge in [-0.1, -0.05) is 6.07 Å². The zero-order chi connectivity index (χ0) is 23.3. The summed E-state index contributed by atoms with van der Waals surface area (Å²) in [6, 6.07) is 9.48. The summed E-state index contributed by atoms with van der Waals surface area (Å²) in [6.07, 6.45) is -2.34. The van der Waals surface area contributed by atoms with E-state index in [4.69, 9.17) is 9.15 Å². The Hall–Kier alpha value is -4.35. The molecule has 3 amide bonds. The number of nitrogens with zero attached hydrogens (tertiary/aromatic N) is 1. The Morgan fingerprint density at radius 2 is 1.56 bits per heavy atom. The third-order valence-electron chi connectivity index (χ3n) is 4.00. The van der Waals surface area contributed by atoms with Gasteiger partial charge in [-0.15, -0.1) is 0 Å². The van der Waals surface area contributed by atoms with Gasteiger partial charge in [0.25, 0.3) is 0 Å². The average molecular weight is 448 g/mol. The van der Waals surface area contributed by atoms with Crippen LogP contribution in [0.3, 0.4) is 0 Å². The Bertz CT molecular complexity index is 1150. The van der Waals surface area contributed by atoms with Gasteiger partial charge in [0.1, 0.15) is 5.75 Å². The van der Waals surface area contributed by atoms with Crippen LogP contribution < -0.4 is 20.7 Å². The second-order valence-corrected chi connectivity index (χ2v) is 6.22. The van der Waals surface area contributed by atoms with E-state index in [1.807, 2.05) is 0 Å². The molecule has 0 saturated carbocycles. The first kappa shape index (κ1) is 22.3. The van der Waals surface area contributed by atoms with Crippen LogP contribution in [0.15, 0.2) is 59.5 Å². The molecule has 0 unspecified atom stereocenters. The Kier molecular flexibility index (Phi) is 6.42. The van der Waals surface area contributed by atoms with E-state index in [1.54, 1.807) is 11.4 Å². The highest BCUT2D eigenvalue weighted by molar-refractivity contribution is 6.43. The Labute approximate surface area is 178 Å². The number of amides is 3. The standard InChI is InChI=1S/C20H15F3N4O5/c1-31-15-8-13(5-6-14(15)16-9-24-10-32-16)26-18(29)17(28)25-11-3-2-4-12(7-11)27-19(30)20(21,22)23/h2-10H,1H3,(H,25,28)(H,26,29)(H,27,30). The van der Waals surface area contributed by atoms with Crippen molar-refractivity contribution in [1.29, 1.82) is 0 Å². The van der Waals surface area contributed by atoms with Crippen LogP contribution in [0.2, 0.25) is 0 Å². The summed E-state index contributed by atoms with van der Waals surface area (Å²) in [5.74, 6) is -3.49. The predicted octanol–water partition coefficient (Wildman–Crippen LogP) is 3.43. The fourth-order valence-electron chi connectivity index (χ4n) is 2.57. The summed E-state index contributed by atoms with van der Waals surface area (Å²) in [5, 5.41) is 6.27. The topological polar surface area (TPSA) is 123 Å². The molecular weight excluding hydrogens is 433 g/mol. The number of ether oxygens (including phenoxy) is 1. The molecule has 0 aliphatic rings. The van der Waals surface area contributed by atoms with Crippen molar-refractivity contribution >= 4 is 34.8 Å². The van der Waals surface area contributed by atoms with Crippen LogP contribution in [0.25, 0.3) is 11.3 Å². The first-order valence-corrected chi connectivity index (χ1v) is 8.85. The van der Waals surface area contributed by atoms with Gasteiger partial charge in [0, 0.05) is 23.1 Å². The SMILES string of the molecule is COc1cc(NC(=O)C(=O)Nc2cccc(NC(=O)C(F)(F)F)c2)ccc1-c1cnco1. The molecule has 0 saturated heterocycles. The van der Waals surface area contributed by atoms with E-state index in [0.29, 0.717) is 17.1 Å². The zero-order valence-corrected chi connectivity index (χ0v) is 16.3. The maximum atomic E-state index is 12.4. The van der Waals surface area contributed by atoms with Crippen molar-refractivity contribution in [2.24, 2.45) is 0 Å². The van der Waals surface area contributed by atoms with Crippen LogP contribution in [0.1, 0.15) is 0 Å². The van der Waals surface area contributed by atoms with Gasteiger partial charge >= 0.3 is 23.9 Å². The maximum absolute atomic E-state index is 12.4. The number of methoxy groups -OCH3 is 1. The molecule has 12 heteroatoms. The number of hydrogen-bond donors (Lipinski definition) is 3. The molecule has 3 rings (SSSR count). The van der Waals surface area contributed by atoms with Gasteiger partial charge in [0.05, 0.1) is 18.9 Å². The Balaban J connectivity index is 1.66. The normalized spacial score (nSPS) is 10.9. The van der Waals surface area contributed by atoms with Gasteiger partial charge in [-0.3, -0.25) is 14.4 Å². The molecule has 0 radical (unpaired) electrons. The van der Waals surface area contributed by atoms with Crippen molar-refractivity contribution in [3.63, 3.8) is 0 Å². The summed E-state index contributed by atoms with van der Waals surface area (Å²) in [5.41, 5.74) is 0.614. The molecular formula is C20H15F3N4O5. The number of aromatic nitrogens is 1. The lowest BCUT2D eigenvalue weighted by molar-refractivity contribution is -0.167. The highest BCUT2D eigenvalue weighted by atomic mass is 19.4. The molecule has 0 spiro atoms. The number of alkyl halides is 3. The minimum atomic E-state index is -5.07. The highest BCUT2D eigenvalue weighted by Gasteiger charge is 2.38. The van der Waals surface area contributed by atoms with Gasteiger partial charge in [-0.2, -0.15) is 13.2 Å². The van der Waals surface area contributed by atoms with E-state index in [0.717, 1.165) is 6.07 Å². The van der Waals surface area contributed by atoms with E-state index in [1.165, 1.54) is 50.0 Å². The first-order chi connectivity index (χ1) is 15.2. The molecule has 0 atom stereocenters. The number of nitrogens with one attached hydrogen (secondary N) is 3. The minimum Gasteiger partial charge on any atom is -0.496 e. The molecule has 3 aromatic rings. The van der Waals surface area contributed by atoms with E-state index in [9.17, 15) is 27.6 Å². The van der Waals surface area contributed by atoms with E-state index < -0.39 is 23.9 Å². The van der Waals surface area contributed by atoms with Crippen molar-refractivity contribution < 1.29 is 36.7 Å². The van der Waals surface area contributed by atoms with Gasteiger partial charge in [0.2, 0.25) is 0 Å². The van der Waals surface area contributed by atoms with Crippen molar-refractivity contribution in [2.45, 2.75) is 6.18 Å². The third-order valence-corrected chi connectivity index (χ3v) is 4.00. The molecule has 0 aliphatic carbocycles. The molecule has 0 bridgehead atoms. The van der Waals surface area contributed by atoms with Crippen molar-refractivity contribution in [1.82, 2.24) is 4.98 Å². The number of halogens is 3. The number of benzene rings is 2. The Morgan fingerprint density at radius 1 is 0.938 bits per heavy atom. The lowest BCUT2D eigenvalue weighted by Gasteiger charge is -2.11. The third kappa shape index (κ3) is 5.41. The van der Waals surface area contributed by atoms with Crippen LogP contribution in [0.4, 0.5) is 30.2 Å². The monoisotopic (exact) mass is 448 g/mol. The summed E-state index contributed by atoms with van der Waals surface area (Å²) in [4.78, 5) is 39.2. The number of anilines is 3. The lowest BCUT2D eigenvalue weighted by atomic mass is 10.1. The molecule has 32 heavy (non-hydrogen) atoms. The average Bonchev–Trinajstić information content (AvgIpc) is 3.27. The summed E-state index contributed by atoms with van der Waals surface area (Å²) >= 11 is 0. The molecule has 0 fully saturated rings. The summed E-state index contributed by atoms with van der Waals surface area (Å²) < 4.78 is 47.6. The fourth-order valence-corrected chi connectivity index (χ4v) is 2.57. The van der Waals surface area contributed by atoms with Gasteiger partial charge in [-0.05, 0) is 30.3 Å². The summed E-state index contributed by atoms with van der Waals surface area (Å²) in [6.45, 7) is 0. The van der Waals surface area contributed by atoms with E-state index >= 15 is 0 Å².